The van der Waals surface area contributed by atoms with Gasteiger partial charge in [0.2, 0.25) is 11.8 Å². The zero-order chi connectivity index (χ0) is 15.2. The fraction of sp³-hybridized carbons (Fsp3) is 0.467. The molecular formula is C15H21BrClN3O2. The summed E-state index contributed by atoms with van der Waals surface area (Å²) in [4.78, 5) is 27.6. The molecule has 1 fully saturated rings. The van der Waals surface area contributed by atoms with Gasteiger partial charge in [-0.1, -0.05) is 28.1 Å². The van der Waals surface area contributed by atoms with Crippen molar-refractivity contribution in [2.45, 2.75) is 6.42 Å². The molecule has 0 aromatic heterocycles. The molecule has 1 N–H and O–H groups in total. The van der Waals surface area contributed by atoms with E-state index < -0.39 is 0 Å². The van der Waals surface area contributed by atoms with Crippen LogP contribution in [0, 0.1) is 0 Å². The van der Waals surface area contributed by atoms with Crippen LogP contribution in [0.4, 0.5) is 0 Å². The van der Waals surface area contributed by atoms with Gasteiger partial charge in [0, 0.05) is 37.7 Å². The summed E-state index contributed by atoms with van der Waals surface area (Å²) in [6.45, 7) is 3.22. The molecule has 0 bridgehead atoms. The molecule has 2 amide bonds. The van der Waals surface area contributed by atoms with Crippen molar-refractivity contribution in [3.8, 4) is 0 Å². The second-order valence-corrected chi connectivity index (χ2v) is 6.10. The number of carbonyl (C=O) groups is 2. The minimum atomic E-state index is -0.0409. The van der Waals surface area contributed by atoms with E-state index in [1.807, 2.05) is 24.3 Å². The fourth-order valence-electron chi connectivity index (χ4n) is 2.22. The lowest BCUT2D eigenvalue weighted by atomic mass is 10.1. The van der Waals surface area contributed by atoms with Crippen LogP contribution < -0.4 is 5.32 Å². The maximum absolute atomic E-state index is 12.1. The molecule has 122 valence electrons. The number of benzene rings is 1. The lowest BCUT2D eigenvalue weighted by Crippen LogP contribution is -2.49. The second kappa shape index (κ2) is 9.12. The number of rotatable bonds is 4. The lowest BCUT2D eigenvalue weighted by Gasteiger charge is -2.29. The van der Waals surface area contributed by atoms with Crippen molar-refractivity contribution in [2.75, 3.05) is 39.8 Å². The molecule has 0 saturated carbocycles. The zero-order valence-corrected chi connectivity index (χ0v) is 15.0. The number of halogens is 2. The third kappa shape index (κ3) is 5.59. The Morgan fingerprint density at radius 2 is 1.82 bits per heavy atom. The summed E-state index contributed by atoms with van der Waals surface area (Å²) < 4.78 is 0.987. The molecule has 1 heterocycles. The Morgan fingerprint density at radius 1 is 1.23 bits per heavy atom. The summed E-state index contributed by atoms with van der Waals surface area (Å²) in [6, 6.07) is 7.64. The van der Waals surface area contributed by atoms with E-state index >= 15 is 0 Å². The van der Waals surface area contributed by atoms with Crippen LogP contribution in [0.1, 0.15) is 5.56 Å². The van der Waals surface area contributed by atoms with Crippen LogP contribution >= 0.6 is 28.3 Å². The minimum Gasteiger partial charge on any atom is -0.339 e. The van der Waals surface area contributed by atoms with E-state index in [1.54, 1.807) is 11.9 Å². The lowest BCUT2D eigenvalue weighted by molar-refractivity contribution is -0.139. The Morgan fingerprint density at radius 3 is 2.41 bits per heavy atom. The van der Waals surface area contributed by atoms with Gasteiger partial charge < -0.3 is 15.1 Å². The SMILES string of the molecule is CN(CC(=O)N1CCNCC1)C(=O)Cc1ccc(Br)cc1.Cl. The molecule has 2 rings (SSSR count). The summed E-state index contributed by atoms with van der Waals surface area (Å²) in [6.07, 6.45) is 0.318. The van der Waals surface area contributed by atoms with Crippen LogP contribution in [0.25, 0.3) is 0 Å². The number of piperazine rings is 1. The molecule has 7 heteroatoms. The van der Waals surface area contributed by atoms with E-state index in [0.29, 0.717) is 19.5 Å². The highest BCUT2D eigenvalue weighted by Crippen LogP contribution is 2.11. The van der Waals surface area contributed by atoms with Gasteiger partial charge in [-0.3, -0.25) is 9.59 Å². The predicted molar refractivity (Wildman–Crippen MR) is 92.2 cm³/mol. The molecule has 0 spiro atoms. The third-order valence-corrected chi connectivity index (χ3v) is 4.07. The Bertz CT molecular complexity index is 504. The van der Waals surface area contributed by atoms with Crippen LogP contribution in [-0.4, -0.2) is 61.4 Å². The van der Waals surface area contributed by atoms with Crippen molar-refractivity contribution in [2.24, 2.45) is 0 Å². The predicted octanol–water partition coefficient (Wildman–Crippen LogP) is 1.30. The monoisotopic (exact) mass is 389 g/mol. The average molecular weight is 391 g/mol. The molecule has 1 aromatic carbocycles. The molecule has 0 radical (unpaired) electrons. The topological polar surface area (TPSA) is 52.7 Å². The van der Waals surface area contributed by atoms with Gasteiger partial charge >= 0.3 is 0 Å². The first-order valence-electron chi connectivity index (χ1n) is 7.03. The summed E-state index contributed by atoms with van der Waals surface area (Å²) >= 11 is 3.37. The molecule has 0 unspecified atom stereocenters. The first-order valence-corrected chi connectivity index (χ1v) is 7.82. The Labute approximate surface area is 145 Å². The van der Waals surface area contributed by atoms with Crippen molar-refractivity contribution >= 4 is 40.2 Å². The largest absolute Gasteiger partial charge is 0.339 e. The zero-order valence-electron chi connectivity index (χ0n) is 12.5. The molecule has 0 atom stereocenters. The van der Waals surface area contributed by atoms with E-state index in [0.717, 1.165) is 23.1 Å². The highest BCUT2D eigenvalue weighted by atomic mass is 79.9. The Balaban J connectivity index is 0.00000242. The van der Waals surface area contributed by atoms with E-state index in [4.69, 9.17) is 0 Å². The van der Waals surface area contributed by atoms with Crippen LogP contribution in [0.15, 0.2) is 28.7 Å². The van der Waals surface area contributed by atoms with Crippen molar-refractivity contribution in [3.05, 3.63) is 34.3 Å². The van der Waals surface area contributed by atoms with Gasteiger partial charge in [-0.05, 0) is 17.7 Å². The summed E-state index contributed by atoms with van der Waals surface area (Å²) in [5.41, 5.74) is 0.949. The smallest absolute Gasteiger partial charge is 0.242 e. The van der Waals surface area contributed by atoms with Crippen molar-refractivity contribution in [1.29, 1.82) is 0 Å². The van der Waals surface area contributed by atoms with Gasteiger partial charge in [0.15, 0.2) is 0 Å². The second-order valence-electron chi connectivity index (χ2n) is 5.18. The van der Waals surface area contributed by atoms with E-state index in [2.05, 4.69) is 21.2 Å². The van der Waals surface area contributed by atoms with Gasteiger partial charge in [0.25, 0.3) is 0 Å². The molecule has 1 saturated heterocycles. The van der Waals surface area contributed by atoms with E-state index in [1.165, 1.54) is 4.90 Å². The van der Waals surface area contributed by atoms with Crippen LogP contribution in [-0.2, 0) is 16.0 Å². The van der Waals surface area contributed by atoms with Gasteiger partial charge in [-0.2, -0.15) is 0 Å². The maximum atomic E-state index is 12.1. The molecule has 1 aromatic rings. The number of likely N-dealkylation sites (N-methyl/N-ethyl adjacent to an activating group) is 1. The molecular weight excluding hydrogens is 370 g/mol. The summed E-state index contributed by atoms with van der Waals surface area (Å²) in [5, 5.41) is 3.20. The molecule has 0 aliphatic carbocycles. The highest BCUT2D eigenvalue weighted by molar-refractivity contribution is 9.10. The molecule has 5 nitrogen and oxygen atoms in total. The van der Waals surface area contributed by atoms with Gasteiger partial charge in [-0.15, -0.1) is 12.4 Å². The van der Waals surface area contributed by atoms with Crippen molar-refractivity contribution in [1.82, 2.24) is 15.1 Å². The number of amides is 2. The molecule has 1 aliphatic rings. The molecule has 22 heavy (non-hydrogen) atoms. The van der Waals surface area contributed by atoms with E-state index in [-0.39, 0.29) is 30.8 Å². The number of nitrogens with one attached hydrogen (secondary N) is 1. The number of nitrogens with zero attached hydrogens (tertiary/aromatic N) is 2. The Hall–Kier alpha value is -1.11. The first kappa shape index (κ1) is 18.9. The summed E-state index contributed by atoms with van der Waals surface area (Å²) in [5.74, 6) is -0.0241. The Kier molecular flexibility index (Phi) is 7.85. The number of hydrogen-bond acceptors (Lipinski definition) is 3. The van der Waals surface area contributed by atoms with Gasteiger partial charge in [-0.25, -0.2) is 0 Å². The quantitative estimate of drug-likeness (QED) is 0.843. The normalized spacial score (nSPS) is 14.2. The van der Waals surface area contributed by atoms with E-state index in [9.17, 15) is 9.59 Å². The summed E-state index contributed by atoms with van der Waals surface area (Å²) in [7, 11) is 1.68. The molecule has 1 aliphatic heterocycles. The minimum absolute atomic E-state index is 0. The van der Waals surface area contributed by atoms with Crippen LogP contribution in [0.3, 0.4) is 0 Å². The van der Waals surface area contributed by atoms with Gasteiger partial charge in [0.1, 0.15) is 0 Å². The van der Waals surface area contributed by atoms with Crippen molar-refractivity contribution < 1.29 is 9.59 Å². The van der Waals surface area contributed by atoms with Gasteiger partial charge in [0.05, 0.1) is 13.0 Å². The first-order chi connectivity index (χ1) is 10.1. The highest BCUT2D eigenvalue weighted by Gasteiger charge is 2.19. The van der Waals surface area contributed by atoms with Crippen LogP contribution in [0.2, 0.25) is 0 Å². The van der Waals surface area contributed by atoms with Crippen LogP contribution in [0.5, 0.6) is 0 Å². The average Bonchev–Trinajstić information content (AvgIpc) is 2.50. The third-order valence-electron chi connectivity index (χ3n) is 3.54. The maximum Gasteiger partial charge on any atom is 0.242 e. The fourth-order valence-corrected chi connectivity index (χ4v) is 2.48. The number of hydrogen-bond donors (Lipinski definition) is 1. The van der Waals surface area contributed by atoms with Crippen molar-refractivity contribution in [3.63, 3.8) is 0 Å². The standard InChI is InChI=1S/C15H20BrN3O2.ClH/c1-18(11-15(21)19-8-6-17-7-9-19)14(20)10-12-2-4-13(16)5-3-12;/h2-5,17H,6-11H2,1H3;1H. The number of carbonyl (C=O) groups excluding carboxylic acids is 2.